The van der Waals surface area contributed by atoms with Gasteiger partial charge in [0.1, 0.15) is 0 Å². The van der Waals surface area contributed by atoms with Crippen molar-refractivity contribution in [2.45, 2.75) is 76.8 Å². The molecule has 19 heavy (non-hydrogen) atoms. The fourth-order valence-electron chi connectivity index (χ4n) is 4.16. The molecular formula is C17H34N2. The maximum absolute atomic E-state index is 3.61. The number of rotatable bonds is 5. The van der Waals surface area contributed by atoms with Gasteiger partial charge in [-0.15, -0.1) is 0 Å². The molecule has 2 aliphatic rings. The lowest BCUT2D eigenvalue weighted by Crippen LogP contribution is -2.47. The molecule has 2 nitrogen and oxygen atoms in total. The second-order valence-electron chi connectivity index (χ2n) is 7.15. The number of hydrogen-bond donors (Lipinski definition) is 1. The predicted molar refractivity (Wildman–Crippen MR) is 83.5 cm³/mol. The van der Waals surface area contributed by atoms with E-state index in [9.17, 15) is 0 Å². The van der Waals surface area contributed by atoms with Gasteiger partial charge in [0.2, 0.25) is 0 Å². The van der Waals surface area contributed by atoms with Gasteiger partial charge >= 0.3 is 0 Å². The maximum atomic E-state index is 3.61. The molecule has 1 unspecified atom stereocenters. The molecule has 0 aromatic carbocycles. The Bertz CT molecular complexity index is 240. The van der Waals surface area contributed by atoms with Crippen LogP contribution in [0.4, 0.5) is 0 Å². The van der Waals surface area contributed by atoms with Crippen LogP contribution in [0.2, 0.25) is 0 Å². The molecule has 2 rings (SSSR count). The smallest absolute Gasteiger partial charge is 0.0220 e. The normalized spacial score (nSPS) is 31.6. The molecule has 2 fully saturated rings. The molecule has 2 heteroatoms. The predicted octanol–water partition coefficient (Wildman–Crippen LogP) is 3.67. The highest BCUT2D eigenvalue weighted by Gasteiger charge is 2.27. The van der Waals surface area contributed by atoms with Crippen LogP contribution in [-0.4, -0.2) is 37.6 Å². The monoisotopic (exact) mass is 266 g/mol. The minimum atomic E-state index is 0.713. The van der Waals surface area contributed by atoms with E-state index < -0.39 is 0 Å². The van der Waals surface area contributed by atoms with Crippen LogP contribution >= 0.6 is 0 Å². The molecule has 0 radical (unpaired) electrons. The van der Waals surface area contributed by atoms with Crippen molar-refractivity contribution in [1.29, 1.82) is 0 Å². The van der Waals surface area contributed by atoms with Gasteiger partial charge in [-0.1, -0.05) is 26.2 Å². The number of nitrogens with zero attached hydrogens (tertiary/aromatic N) is 1. The van der Waals surface area contributed by atoms with Crippen LogP contribution in [0.15, 0.2) is 0 Å². The molecule has 2 saturated carbocycles. The first kappa shape index (κ1) is 15.3. The molecule has 0 amide bonds. The van der Waals surface area contributed by atoms with Crippen molar-refractivity contribution >= 4 is 0 Å². The quantitative estimate of drug-likeness (QED) is 0.817. The standard InChI is InChI=1S/C17H34N2/c1-14-9-11-16(12-10-14)19(3)13-17(18-2)15-7-5-4-6-8-15/h14-18H,4-13H2,1-3H3. The Morgan fingerprint density at radius 3 is 2.21 bits per heavy atom. The average Bonchev–Trinajstić information content (AvgIpc) is 2.46. The number of hydrogen-bond acceptors (Lipinski definition) is 2. The third-order valence-corrected chi connectivity index (χ3v) is 5.68. The zero-order valence-electron chi connectivity index (χ0n) is 13.3. The van der Waals surface area contributed by atoms with Gasteiger partial charge in [-0.3, -0.25) is 0 Å². The largest absolute Gasteiger partial charge is 0.315 e. The van der Waals surface area contributed by atoms with Crippen molar-refractivity contribution in [3.8, 4) is 0 Å². The van der Waals surface area contributed by atoms with E-state index in [4.69, 9.17) is 0 Å². The van der Waals surface area contributed by atoms with Gasteiger partial charge in [-0.25, -0.2) is 0 Å². The van der Waals surface area contributed by atoms with Gasteiger partial charge in [0, 0.05) is 18.6 Å². The first-order chi connectivity index (χ1) is 9.20. The van der Waals surface area contributed by atoms with E-state index in [1.807, 2.05) is 0 Å². The summed E-state index contributed by atoms with van der Waals surface area (Å²) in [5.74, 6) is 1.88. The number of likely N-dealkylation sites (N-methyl/N-ethyl adjacent to an activating group) is 2. The average molecular weight is 266 g/mol. The molecule has 0 bridgehead atoms. The van der Waals surface area contributed by atoms with E-state index >= 15 is 0 Å². The molecule has 2 aliphatic carbocycles. The van der Waals surface area contributed by atoms with E-state index in [1.165, 1.54) is 64.3 Å². The summed E-state index contributed by atoms with van der Waals surface area (Å²) in [4.78, 5) is 2.65. The third-order valence-electron chi connectivity index (χ3n) is 5.68. The Kier molecular flexibility index (Phi) is 6.15. The summed E-state index contributed by atoms with van der Waals surface area (Å²) in [6.07, 6.45) is 13.0. The summed E-state index contributed by atoms with van der Waals surface area (Å²) in [5, 5.41) is 3.61. The van der Waals surface area contributed by atoms with Crippen LogP contribution in [0.1, 0.15) is 64.7 Å². The summed E-state index contributed by atoms with van der Waals surface area (Å²) < 4.78 is 0. The molecule has 1 N–H and O–H groups in total. The van der Waals surface area contributed by atoms with Gasteiger partial charge in [-0.2, -0.15) is 0 Å². The fourth-order valence-corrected chi connectivity index (χ4v) is 4.16. The van der Waals surface area contributed by atoms with Crippen molar-refractivity contribution < 1.29 is 0 Å². The molecule has 0 heterocycles. The Labute approximate surface area is 120 Å². The molecule has 0 saturated heterocycles. The Balaban J connectivity index is 1.79. The lowest BCUT2D eigenvalue weighted by atomic mass is 9.83. The van der Waals surface area contributed by atoms with Gasteiger partial charge in [0.25, 0.3) is 0 Å². The van der Waals surface area contributed by atoms with E-state index in [-0.39, 0.29) is 0 Å². The van der Waals surface area contributed by atoms with Gasteiger partial charge < -0.3 is 10.2 Å². The summed E-state index contributed by atoms with van der Waals surface area (Å²) in [7, 11) is 4.52. The highest BCUT2D eigenvalue weighted by atomic mass is 15.2. The SMILES string of the molecule is CNC(CN(C)C1CCC(C)CC1)C1CCCCC1. The van der Waals surface area contributed by atoms with Crippen molar-refractivity contribution in [3.05, 3.63) is 0 Å². The maximum Gasteiger partial charge on any atom is 0.0220 e. The van der Waals surface area contributed by atoms with E-state index in [2.05, 4.69) is 31.2 Å². The van der Waals surface area contributed by atoms with Crippen LogP contribution in [0.25, 0.3) is 0 Å². The zero-order valence-corrected chi connectivity index (χ0v) is 13.3. The molecule has 0 spiro atoms. The third kappa shape index (κ3) is 4.46. The van der Waals surface area contributed by atoms with Crippen molar-refractivity contribution in [3.63, 3.8) is 0 Å². The van der Waals surface area contributed by atoms with Crippen molar-refractivity contribution in [2.24, 2.45) is 11.8 Å². The molecule has 0 aliphatic heterocycles. The lowest BCUT2D eigenvalue weighted by molar-refractivity contribution is 0.135. The van der Waals surface area contributed by atoms with E-state index in [1.54, 1.807) is 0 Å². The van der Waals surface area contributed by atoms with Crippen LogP contribution < -0.4 is 5.32 Å². The van der Waals surface area contributed by atoms with Crippen LogP contribution in [-0.2, 0) is 0 Å². The Morgan fingerprint density at radius 1 is 1.00 bits per heavy atom. The van der Waals surface area contributed by atoms with Crippen LogP contribution in [0.3, 0.4) is 0 Å². The summed E-state index contributed by atoms with van der Waals surface area (Å²) in [5.41, 5.74) is 0. The summed E-state index contributed by atoms with van der Waals surface area (Å²) >= 11 is 0. The molecular weight excluding hydrogens is 232 g/mol. The van der Waals surface area contributed by atoms with Gasteiger partial charge in [0.05, 0.1) is 0 Å². The first-order valence-electron chi connectivity index (χ1n) is 8.58. The van der Waals surface area contributed by atoms with Crippen molar-refractivity contribution in [2.75, 3.05) is 20.6 Å². The molecule has 0 aromatic heterocycles. The van der Waals surface area contributed by atoms with Gasteiger partial charge in [0.15, 0.2) is 0 Å². The second-order valence-corrected chi connectivity index (χ2v) is 7.15. The minimum absolute atomic E-state index is 0.713. The zero-order chi connectivity index (χ0) is 13.7. The van der Waals surface area contributed by atoms with Gasteiger partial charge in [-0.05, 0) is 64.5 Å². The summed E-state index contributed by atoms with van der Waals surface area (Å²) in [6, 6.07) is 1.56. The lowest BCUT2D eigenvalue weighted by Gasteiger charge is -2.38. The highest BCUT2D eigenvalue weighted by molar-refractivity contribution is 4.84. The van der Waals surface area contributed by atoms with E-state index in [0.717, 1.165) is 17.9 Å². The molecule has 112 valence electrons. The summed E-state index contributed by atoms with van der Waals surface area (Å²) in [6.45, 7) is 3.66. The van der Waals surface area contributed by atoms with E-state index in [0.29, 0.717) is 6.04 Å². The fraction of sp³-hybridized carbons (Fsp3) is 1.00. The topological polar surface area (TPSA) is 15.3 Å². The highest BCUT2D eigenvalue weighted by Crippen LogP contribution is 2.29. The Morgan fingerprint density at radius 2 is 1.63 bits per heavy atom. The number of nitrogens with one attached hydrogen (secondary N) is 1. The minimum Gasteiger partial charge on any atom is -0.315 e. The second kappa shape index (κ2) is 7.64. The molecule has 1 atom stereocenters. The first-order valence-corrected chi connectivity index (χ1v) is 8.58. The van der Waals surface area contributed by atoms with Crippen LogP contribution in [0, 0.1) is 11.8 Å². The van der Waals surface area contributed by atoms with Crippen LogP contribution in [0.5, 0.6) is 0 Å². The Hall–Kier alpha value is -0.0800. The molecule has 0 aromatic rings. The van der Waals surface area contributed by atoms with Crippen molar-refractivity contribution in [1.82, 2.24) is 10.2 Å².